The molecule has 0 unspecified atom stereocenters. The van der Waals surface area contributed by atoms with Gasteiger partial charge in [0.15, 0.2) is 6.10 Å². The van der Waals surface area contributed by atoms with E-state index in [4.69, 9.17) is 14.2 Å². The Morgan fingerprint density at radius 1 is 1.08 bits per heavy atom. The maximum Gasteiger partial charge on any atom is 0.347 e. The summed E-state index contributed by atoms with van der Waals surface area (Å²) in [5.74, 6) is 1.38. The minimum Gasteiger partial charge on any atom is -0.479 e. The summed E-state index contributed by atoms with van der Waals surface area (Å²) in [7, 11) is 0. The van der Waals surface area contributed by atoms with Crippen molar-refractivity contribution in [2.75, 3.05) is 12.2 Å². The molecule has 2 aromatic rings. The van der Waals surface area contributed by atoms with Crippen molar-refractivity contribution in [2.45, 2.75) is 13.0 Å². The molecule has 0 fully saturated rings. The molecule has 0 saturated carbocycles. The molecule has 1 atom stereocenters. The van der Waals surface area contributed by atoms with Crippen molar-refractivity contribution in [2.24, 2.45) is 0 Å². The van der Waals surface area contributed by atoms with Gasteiger partial charge in [-0.05, 0) is 49.6 Å². The fraction of sp³-hybridized carbons (Fsp3) is 0.235. The van der Waals surface area contributed by atoms with Gasteiger partial charge in [-0.1, -0.05) is 0 Å². The molecule has 0 amide bonds. The summed E-state index contributed by atoms with van der Waals surface area (Å²) in [6.07, 6.45) is 1.12. The third kappa shape index (κ3) is 5.68. The van der Waals surface area contributed by atoms with Gasteiger partial charge in [0.25, 0.3) is 5.69 Å². The number of thioether (sulfide) groups is 1. The highest BCUT2D eigenvalue weighted by molar-refractivity contribution is 7.98. The highest BCUT2D eigenvalue weighted by atomic mass is 32.2. The van der Waals surface area contributed by atoms with Gasteiger partial charge < -0.3 is 14.2 Å². The van der Waals surface area contributed by atoms with Gasteiger partial charge in [-0.25, -0.2) is 4.79 Å². The minimum atomic E-state index is -0.714. The first-order chi connectivity index (χ1) is 12.0. The Morgan fingerprint density at radius 3 is 2.12 bits per heavy atom. The maximum atomic E-state index is 11.7. The number of rotatable bonds is 8. The molecule has 0 aliphatic carbocycles. The molecule has 0 radical (unpaired) electrons. The normalized spacial score (nSPS) is 11.4. The maximum absolute atomic E-state index is 11.7. The lowest BCUT2D eigenvalue weighted by atomic mass is 10.3. The third-order valence-electron chi connectivity index (χ3n) is 3.07. The van der Waals surface area contributed by atoms with Crippen LogP contribution in [-0.4, -0.2) is 29.2 Å². The lowest BCUT2D eigenvalue weighted by Gasteiger charge is -2.14. The fourth-order valence-corrected chi connectivity index (χ4v) is 2.08. The smallest absolute Gasteiger partial charge is 0.347 e. The molecule has 25 heavy (non-hydrogen) atoms. The minimum absolute atomic E-state index is 0.00144. The average molecular weight is 363 g/mol. The van der Waals surface area contributed by atoms with E-state index in [1.54, 1.807) is 31.2 Å². The number of benzene rings is 2. The molecule has 0 spiro atoms. The van der Waals surface area contributed by atoms with Crippen molar-refractivity contribution in [3.8, 4) is 17.2 Å². The van der Waals surface area contributed by atoms with Crippen LogP contribution in [0, 0.1) is 10.1 Å². The number of nitro groups is 1. The Bertz CT molecular complexity index is 717. The number of hydrogen-bond acceptors (Lipinski definition) is 7. The Balaban J connectivity index is 1.93. The van der Waals surface area contributed by atoms with E-state index in [9.17, 15) is 14.9 Å². The van der Waals surface area contributed by atoms with E-state index in [1.165, 1.54) is 36.0 Å². The molecule has 0 saturated heterocycles. The van der Waals surface area contributed by atoms with Crippen LogP contribution in [0.15, 0.2) is 48.5 Å². The van der Waals surface area contributed by atoms with Crippen LogP contribution in [0.5, 0.6) is 17.2 Å². The van der Waals surface area contributed by atoms with E-state index in [0.717, 1.165) is 0 Å². The molecule has 132 valence electrons. The van der Waals surface area contributed by atoms with Crippen LogP contribution in [0.1, 0.15) is 6.92 Å². The zero-order chi connectivity index (χ0) is 18.2. The highest BCUT2D eigenvalue weighted by Crippen LogP contribution is 2.26. The molecular weight excluding hydrogens is 346 g/mol. The number of carbonyl (C=O) groups excluding carboxylic acids is 1. The largest absolute Gasteiger partial charge is 0.479 e. The molecule has 0 aliphatic heterocycles. The second-order valence-electron chi connectivity index (χ2n) is 4.95. The van der Waals surface area contributed by atoms with Gasteiger partial charge >= 0.3 is 5.97 Å². The van der Waals surface area contributed by atoms with Gasteiger partial charge in [0, 0.05) is 12.1 Å². The number of nitrogens with zero attached hydrogens (tertiary/aromatic N) is 1. The van der Waals surface area contributed by atoms with Crippen LogP contribution in [0.3, 0.4) is 0 Å². The van der Waals surface area contributed by atoms with E-state index < -0.39 is 17.0 Å². The summed E-state index contributed by atoms with van der Waals surface area (Å²) in [5.41, 5.74) is -0.00144. The second-order valence-corrected chi connectivity index (χ2v) is 5.77. The number of non-ortho nitro benzene ring substituents is 1. The van der Waals surface area contributed by atoms with E-state index in [-0.39, 0.29) is 11.6 Å². The first-order valence-corrected chi connectivity index (χ1v) is 8.73. The molecule has 8 heteroatoms. The summed E-state index contributed by atoms with van der Waals surface area (Å²) < 4.78 is 16.1. The fourth-order valence-electron chi connectivity index (χ4n) is 1.84. The summed E-state index contributed by atoms with van der Waals surface area (Å²) >= 11 is 1.41. The van der Waals surface area contributed by atoms with Crippen LogP contribution in [0.4, 0.5) is 5.69 Å². The van der Waals surface area contributed by atoms with Gasteiger partial charge in [0.1, 0.15) is 23.2 Å². The molecule has 2 rings (SSSR count). The summed E-state index contributed by atoms with van der Waals surface area (Å²) in [6.45, 7) is 1.62. The van der Waals surface area contributed by atoms with E-state index in [0.29, 0.717) is 17.2 Å². The molecule has 0 bridgehead atoms. The van der Waals surface area contributed by atoms with Crippen molar-refractivity contribution in [1.29, 1.82) is 0 Å². The zero-order valence-electron chi connectivity index (χ0n) is 13.7. The molecule has 0 aromatic heterocycles. The van der Waals surface area contributed by atoms with Crippen molar-refractivity contribution in [1.82, 2.24) is 0 Å². The van der Waals surface area contributed by atoms with Crippen molar-refractivity contribution < 1.29 is 23.9 Å². The second kappa shape index (κ2) is 8.93. The summed E-state index contributed by atoms with van der Waals surface area (Å²) in [5, 5.41) is 10.6. The number of esters is 1. The predicted octanol–water partition coefficient (Wildman–Crippen LogP) is 4.02. The molecular formula is C17H17NO6S. The van der Waals surface area contributed by atoms with Gasteiger partial charge in [-0.3, -0.25) is 10.1 Å². The summed E-state index contributed by atoms with van der Waals surface area (Å²) in [4.78, 5) is 21.8. The monoisotopic (exact) mass is 363 g/mol. The Hall–Kier alpha value is -2.74. The summed E-state index contributed by atoms with van der Waals surface area (Å²) in [6, 6.07) is 12.5. The van der Waals surface area contributed by atoms with Gasteiger partial charge in [0.05, 0.1) is 4.92 Å². The number of hydrogen-bond donors (Lipinski definition) is 0. The van der Waals surface area contributed by atoms with Crippen LogP contribution >= 0.6 is 11.8 Å². The van der Waals surface area contributed by atoms with Crippen LogP contribution in [0.2, 0.25) is 0 Å². The molecule has 2 aromatic carbocycles. The quantitative estimate of drug-likeness (QED) is 0.303. The van der Waals surface area contributed by atoms with Crippen LogP contribution in [0.25, 0.3) is 0 Å². The van der Waals surface area contributed by atoms with Gasteiger partial charge in [0.2, 0.25) is 0 Å². The lowest BCUT2D eigenvalue weighted by Crippen LogP contribution is -2.25. The van der Waals surface area contributed by atoms with Crippen molar-refractivity contribution in [3.63, 3.8) is 0 Å². The van der Waals surface area contributed by atoms with E-state index in [1.807, 2.05) is 6.26 Å². The Labute approximate surface area is 149 Å². The van der Waals surface area contributed by atoms with Gasteiger partial charge in [-0.2, -0.15) is 0 Å². The van der Waals surface area contributed by atoms with Crippen LogP contribution in [-0.2, 0) is 9.53 Å². The standard InChI is InChI=1S/C17H17NO6S/c1-12(17(19)22-11-25-2)23-14-7-9-16(10-8-14)24-15-5-3-13(4-6-15)18(20)21/h3-10,12H,11H2,1-2H3/t12-/m1/s1. The molecule has 0 aliphatic rings. The van der Waals surface area contributed by atoms with Gasteiger partial charge in [-0.15, -0.1) is 11.8 Å². The zero-order valence-corrected chi connectivity index (χ0v) is 14.5. The Kier molecular flexibility index (Phi) is 6.64. The SMILES string of the molecule is CSCOC(=O)[C@@H](C)Oc1ccc(Oc2ccc([N+](=O)[O-])cc2)cc1. The number of nitro benzene ring substituents is 1. The Morgan fingerprint density at radius 2 is 1.60 bits per heavy atom. The average Bonchev–Trinajstić information content (AvgIpc) is 2.61. The molecule has 0 heterocycles. The van der Waals surface area contributed by atoms with E-state index >= 15 is 0 Å². The first-order valence-electron chi connectivity index (χ1n) is 7.34. The van der Waals surface area contributed by atoms with E-state index in [2.05, 4.69) is 0 Å². The lowest BCUT2D eigenvalue weighted by molar-refractivity contribution is -0.384. The topological polar surface area (TPSA) is 87.9 Å². The predicted molar refractivity (Wildman–Crippen MR) is 94.2 cm³/mol. The number of carbonyl (C=O) groups is 1. The molecule has 0 N–H and O–H groups in total. The number of ether oxygens (including phenoxy) is 3. The highest BCUT2D eigenvalue weighted by Gasteiger charge is 2.16. The van der Waals surface area contributed by atoms with Crippen LogP contribution < -0.4 is 9.47 Å². The first kappa shape index (κ1) is 18.6. The van der Waals surface area contributed by atoms with Crippen molar-refractivity contribution >= 4 is 23.4 Å². The third-order valence-corrected chi connectivity index (χ3v) is 3.42. The molecule has 7 nitrogen and oxygen atoms in total. The van der Waals surface area contributed by atoms with Crippen molar-refractivity contribution in [3.05, 3.63) is 58.6 Å².